The predicted molar refractivity (Wildman–Crippen MR) is 96.2 cm³/mol. The number of nitrogens with one attached hydrogen (secondary N) is 1. The molecule has 4 nitrogen and oxygen atoms in total. The number of carbonyl (C=O) groups excluding carboxylic acids is 1. The van der Waals surface area contributed by atoms with Crippen molar-refractivity contribution in [2.24, 2.45) is 0 Å². The van der Waals surface area contributed by atoms with Gasteiger partial charge in [0, 0.05) is 23.6 Å². The van der Waals surface area contributed by atoms with Gasteiger partial charge in [-0.15, -0.1) is 0 Å². The molecule has 0 saturated heterocycles. The van der Waals surface area contributed by atoms with Gasteiger partial charge in [-0.2, -0.15) is 0 Å². The van der Waals surface area contributed by atoms with Gasteiger partial charge >= 0.3 is 5.63 Å². The first-order valence-corrected chi connectivity index (χ1v) is 8.03. The maximum Gasteiger partial charge on any atom is 0.348 e. The third-order valence-corrected chi connectivity index (χ3v) is 3.89. The van der Waals surface area contributed by atoms with Crippen LogP contribution >= 0.6 is 0 Å². The molecule has 0 spiro atoms. The molecule has 0 radical (unpaired) electrons. The molecule has 0 aliphatic heterocycles. The van der Waals surface area contributed by atoms with Crippen LogP contribution in [0.1, 0.15) is 35.9 Å². The van der Waals surface area contributed by atoms with Crippen molar-refractivity contribution in [2.75, 3.05) is 5.32 Å². The second-order valence-corrected chi connectivity index (χ2v) is 5.76. The van der Waals surface area contributed by atoms with Crippen LogP contribution in [-0.4, -0.2) is 5.78 Å². The molecule has 3 aromatic rings. The standard InChI is InChI=1S/C20H19NO3/c1-3-7-18(22)19-17(12-13(2)24-20(19)23)21-16-11-6-9-14-8-4-5-10-15(14)16/h4-6,8-12,21H,3,7H2,1-2H3. The van der Waals surface area contributed by atoms with E-state index in [1.54, 1.807) is 13.0 Å². The molecule has 24 heavy (non-hydrogen) atoms. The average Bonchev–Trinajstić information content (AvgIpc) is 2.55. The topological polar surface area (TPSA) is 59.3 Å². The SMILES string of the molecule is CCCC(=O)c1c(Nc2cccc3ccccc23)cc(C)oc1=O. The van der Waals surface area contributed by atoms with E-state index in [0.29, 0.717) is 24.3 Å². The van der Waals surface area contributed by atoms with Crippen LogP contribution < -0.4 is 10.9 Å². The minimum absolute atomic E-state index is 0.0929. The van der Waals surface area contributed by atoms with Crippen LogP contribution in [0.4, 0.5) is 11.4 Å². The normalized spacial score (nSPS) is 10.8. The zero-order valence-electron chi connectivity index (χ0n) is 13.8. The van der Waals surface area contributed by atoms with Crippen LogP contribution in [0.3, 0.4) is 0 Å². The van der Waals surface area contributed by atoms with E-state index < -0.39 is 5.63 Å². The molecular weight excluding hydrogens is 302 g/mol. The Balaban J connectivity index is 2.12. The molecule has 0 amide bonds. The Morgan fingerprint density at radius 3 is 2.62 bits per heavy atom. The first-order valence-electron chi connectivity index (χ1n) is 8.03. The van der Waals surface area contributed by atoms with E-state index >= 15 is 0 Å². The first kappa shape index (κ1) is 16.0. The molecule has 1 N–H and O–H groups in total. The summed E-state index contributed by atoms with van der Waals surface area (Å²) >= 11 is 0. The van der Waals surface area contributed by atoms with E-state index in [1.807, 2.05) is 49.4 Å². The number of carbonyl (C=O) groups is 1. The number of Topliss-reactive ketones (excluding diaryl/α,β-unsaturated/α-hetero) is 1. The Morgan fingerprint density at radius 1 is 1.08 bits per heavy atom. The Hall–Kier alpha value is -2.88. The Bertz CT molecular complexity index is 951. The molecule has 2 aromatic carbocycles. The Kier molecular flexibility index (Phi) is 4.47. The maximum absolute atomic E-state index is 12.4. The molecule has 0 aliphatic carbocycles. The monoisotopic (exact) mass is 321 g/mol. The molecule has 3 rings (SSSR count). The summed E-state index contributed by atoms with van der Waals surface area (Å²) in [7, 11) is 0. The molecule has 4 heteroatoms. The van der Waals surface area contributed by atoms with Gasteiger partial charge in [0.05, 0.1) is 5.69 Å². The molecule has 0 unspecified atom stereocenters. The van der Waals surface area contributed by atoms with Crippen LogP contribution in [0.5, 0.6) is 0 Å². The van der Waals surface area contributed by atoms with Crippen molar-refractivity contribution < 1.29 is 9.21 Å². The molecule has 122 valence electrons. The van der Waals surface area contributed by atoms with Crippen molar-refractivity contribution in [1.82, 2.24) is 0 Å². The molecular formula is C20H19NO3. The molecule has 0 aliphatic rings. The first-order chi connectivity index (χ1) is 11.6. The van der Waals surface area contributed by atoms with Crippen LogP contribution in [0.2, 0.25) is 0 Å². The fourth-order valence-electron chi connectivity index (χ4n) is 2.81. The van der Waals surface area contributed by atoms with Crippen molar-refractivity contribution in [2.45, 2.75) is 26.7 Å². The maximum atomic E-state index is 12.4. The highest BCUT2D eigenvalue weighted by molar-refractivity contribution is 6.03. The summed E-state index contributed by atoms with van der Waals surface area (Å²) in [5.74, 6) is 0.268. The summed E-state index contributed by atoms with van der Waals surface area (Å²) in [6, 6.07) is 15.6. The highest BCUT2D eigenvalue weighted by atomic mass is 16.4. The molecule has 0 atom stereocenters. The number of hydrogen-bond donors (Lipinski definition) is 1. The van der Waals surface area contributed by atoms with Crippen LogP contribution in [-0.2, 0) is 0 Å². The number of aryl methyl sites for hydroxylation is 1. The van der Waals surface area contributed by atoms with Gasteiger partial charge < -0.3 is 9.73 Å². The summed E-state index contributed by atoms with van der Waals surface area (Å²) in [5, 5.41) is 5.37. The van der Waals surface area contributed by atoms with E-state index in [9.17, 15) is 9.59 Å². The summed E-state index contributed by atoms with van der Waals surface area (Å²) in [6.45, 7) is 3.61. The van der Waals surface area contributed by atoms with Crippen LogP contribution in [0.15, 0.2) is 57.7 Å². The Labute approximate surface area is 140 Å². The average molecular weight is 321 g/mol. The highest BCUT2D eigenvalue weighted by Gasteiger charge is 2.18. The third-order valence-electron chi connectivity index (χ3n) is 3.89. The van der Waals surface area contributed by atoms with Crippen LogP contribution in [0, 0.1) is 6.92 Å². The summed E-state index contributed by atoms with van der Waals surface area (Å²) < 4.78 is 5.13. The summed E-state index contributed by atoms with van der Waals surface area (Å²) in [5.41, 5.74) is 0.855. The fraction of sp³-hybridized carbons (Fsp3) is 0.200. The van der Waals surface area contributed by atoms with Gasteiger partial charge in [0.1, 0.15) is 11.3 Å². The lowest BCUT2D eigenvalue weighted by molar-refractivity contribution is 0.0978. The minimum atomic E-state index is -0.587. The second-order valence-electron chi connectivity index (χ2n) is 5.76. The number of ketones is 1. The smallest absolute Gasteiger partial charge is 0.348 e. The predicted octanol–water partition coefficient (Wildman–Crippen LogP) is 4.83. The van der Waals surface area contributed by atoms with Gasteiger partial charge in [0.25, 0.3) is 0 Å². The van der Waals surface area contributed by atoms with E-state index in [0.717, 1.165) is 16.5 Å². The number of benzene rings is 2. The largest absolute Gasteiger partial charge is 0.428 e. The van der Waals surface area contributed by atoms with Gasteiger partial charge in [-0.3, -0.25) is 4.79 Å². The van der Waals surface area contributed by atoms with Crippen molar-refractivity contribution in [3.63, 3.8) is 0 Å². The minimum Gasteiger partial charge on any atom is -0.428 e. The lowest BCUT2D eigenvalue weighted by atomic mass is 10.1. The molecule has 1 aromatic heterocycles. The van der Waals surface area contributed by atoms with Gasteiger partial charge in [-0.25, -0.2) is 4.79 Å². The van der Waals surface area contributed by atoms with Crippen molar-refractivity contribution >= 4 is 27.9 Å². The highest BCUT2D eigenvalue weighted by Crippen LogP contribution is 2.28. The van der Waals surface area contributed by atoms with E-state index in [4.69, 9.17) is 4.42 Å². The Morgan fingerprint density at radius 2 is 1.83 bits per heavy atom. The summed E-state index contributed by atoms with van der Waals surface area (Å²) in [4.78, 5) is 24.6. The number of rotatable bonds is 5. The van der Waals surface area contributed by atoms with E-state index in [-0.39, 0.29) is 11.3 Å². The number of hydrogen-bond acceptors (Lipinski definition) is 4. The molecule has 1 heterocycles. The van der Waals surface area contributed by atoms with Gasteiger partial charge in [-0.1, -0.05) is 43.3 Å². The fourth-order valence-corrected chi connectivity index (χ4v) is 2.81. The van der Waals surface area contributed by atoms with Gasteiger partial charge in [-0.05, 0) is 24.8 Å². The van der Waals surface area contributed by atoms with Gasteiger partial charge in [0.2, 0.25) is 0 Å². The van der Waals surface area contributed by atoms with E-state index in [1.165, 1.54) is 0 Å². The summed E-state index contributed by atoms with van der Waals surface area (Å²) in [6.07, 6.45) is 0.998. The van der Waals surface area contributed by atoms with Crippen molar-refractivity contribution in [3.05, 3.63) is 70.3 Å². The number of anilines is 2. The zero-order chi connectivity index (χ0) is 17.1. The van der Waals surface area contributed by atoms with Crippen molar-refractivity contribution in [1.29, 1.82) is 0 Å². The van der Waals surface area contributed by atoms with E-state index in [2.05, 4.69) is 5.32 Å². The second kappa shape index (κ2) is 6.71. The number of fused-ring (bicyclic) bond motifs is 1. The lowest BCUT2D eigenvalue weighted by Crippen LogP contribution is -2.17. The molecule has 0 bridgehead atoms. The lowest BCUT2D eigenvalue weighted by Gasteiger charge is -2.13. The van der Waals surface area contributed by atoms with Crippen LogP contribution in [0.25, 0.3) is 10.8 Å². The van der Waals surface area contributed by atoms with Crippen molar-refractivity contribution in [3.8, 4) is 0 Å². The zero-order valence-corrected chi connectivity index (χ0v) is 13.8. The molecule has 0 saturated carbocycles. The molecule has 0 fully saturated rings. The quantitative estimate of drug-likeness (QED) is 0.684. The van der Waals surface area contributed by atoms with Gasteiger partial charge in [0.15, 0.2) is 5.78 Å². The third kappa shape index (κ3) is 3.08.